The van der Waals surface area contributed by atoms with E-state index in [2.05, 4.69) is 10.3 Å². The zero-order valence-corrected chi connectivity index (χ0v) is 12.8. The Morgan fingerprint density at radius 3 is 2.64 bits per heavy atom. The third-order valence-electron chi connectivity index (χ3n) is 3.11. The highest BCUT2D eigenvalue weighted by Gasteiger charge is 2.16. The first-order valence-corrected chi connectivity index (χ1v) is 6.67. The normalized spacial score (nSPS) is 9.95. The molecule has 0 atom stereocenters. The van der Waals surface area contributed by atoms with Crippen LogP contribution in [-0.2, 0) is 6.54 Å². The predicted octanol–water partition coefficient (Wildman–Crippen LogP) is 2.04. The Labute approximate surface area is 129 Å². The van der Waals surface area contributed by atoms with Crippen LogP contribution in [0.1, 0.15) is 15.9 Å². The summed E-state index contributed by atoms with van der Waals surface area (Å²) in [5.41, 5.74) is 1.31. The molecular weight excluding hydrogens is 284 g/mol. The maximum Gasteiger partial charge on any atom is 0.255 e. The van der Waals surface area contributed by atoms with Crippen LogP contribution in [-0.4, -0.2) is 32.2 Å². The number of nitrogens with zero attached hydrogens (tertiary/aromatic N) is 1. The van der Waals surface area contributed by atoms with Gasteiger partial charge in [-0.25, -0.2) is 4.98 Å². The van der Waals surface area contributed by atoms with Crippen molar-refractivity contribution in [2.75, 3.05) is 21.3 Å². The average Bonchev–Trinajstić information content (AvgIpc) is 2.58. The van der Waals surface area contributed by atoms with Gasteiger partial charge >= 0.3 is 0 Å². The van der Waals surface area contributed by atoms with Crippen LogP contribution in [0.3, 0.4) is 0 Å². The van der Waals surface area contributed by atoms with Crippen LogP contribution >= 0.6 is 0 Å². The lowest BCUT2D eigenvalue weighted by Crippen LogP contribution is -2.23. The molecule has 1 aromatic heterocycles. The van der Waals surface area contributed by atoms with Gasteiger partial charge in [0, 0.05) is 18.8 Å². The van der Waals surface area contributed by atoms with Gasteiger partial charge in [0.25, 0.3) is 5.91 Å². The van der Waals surface area contributed by atoms with Crippen molar-refractivity contribution in [2.24, 2.45) is 0 Å². The van der Waals surface area contributed by atoms with Gasteiger partial charge in [0.1, 0.15) is 0 Å². The number of para-hydroxylation sites is 1. The number of benzene rings is 1. The molecule has 6 nitrogen and oxygen atoms in total. The molecule has 0 fully saturated rings. The van der Waals surface area contributed by atoms with E-state index in [9.17, 15) is 4.79 Å². The number of amides is 1. The van der Waals surface area contributed by atoms with Crippen molar-refractivity contribution in [3.8, 4) is 17.4 Å². The van der Waals surface area contributed by atoms with E-state index in [0.717, 1.165) is 5.56 Å². The van der Waals surface area contributed by atoms with Gasteiger partial charge in [0.05, 0.1) is 26.9 Å². The van der Waals surface area contributed by atoms with E-state index in [1.807, 2.05) is 6.07 Å². The Balaban J connectivity index is 2.12. The molecule has 0 aliphatic heterocycles. The zero-order valence-electron chi connectivity index (χ0n) is 12.8. The summed E-state index contributed by atoms with van der Waals surface area (Å²) in [5, 5.41) is 2.83. The minimum absolute atomic E-state index is 0.244. The third kappa shape index (κ3) is 3.46. The molecule has 0 aliphatic rings. The van der Waals surface area contributed by atoms with E-state index < -0.39 is 0 Å². The third-order valence-corrected chi connectivity index (χ3v) is 3.11. The maximum absolute atomic E-state index is 12.3. The number of pyridine rings is 1. The Morgan fingerprint density at radius 2 is 1.95 bits per heavy atom. The van der Waals surface area contributed by atoms with Crippen molar-refractivity contribution in [3.63, 3.8) is 0 Å². The van der Waals surface area contributed by atoms with E-state index in [4.69, 9.17) is 14.2 Å². The van der Waals surface area contributed by atoms with Crippen LogP contribution < -0.4 is 19.5 Å². The largest absolute Gasteiger partial charge is 0.493 e. The summed E-state index contributed by atoms with van der Waals surface area (Å²) in [4.78, 5) is 16.3. The molecule has 6 heteroatoms. The molecule has 0 radical (unpaired) electrons. The molecule has 0 saturated carbocycles. The van der Waals surface area contributed by atoms with Crippen LogP contribution in [0.2, 0.25) is 0 Å². The molecule has 0 unspecified atom stereocenters. The highest BCUT2D eigenvalue weighted by atomic mass is 16.5. The van der Waals surface area contributed by atoms with Gasteiger partial charge in [-0.3, -0.25) is 4.79 Å². The number of methoxy groups -OCH3 is 3. The number of carbonyl (C=O) groups is 1. The lowest BCUT2D eigenvalue weighted by atomic mass is 10.1. The van der Waals surface area contributed by atoms with Gasteiger partial charge in [0.15, 0.2) is 11.5 Å². The molecule has 116 valence electrons. The summed E-state index contributed by atoms with van der Waals surface area (Å²) >= 11 is 0. The minimum Gasteiger partial charge on any atom is -0.493 e. The second kappa shape index (κ2) is 7.31. The standard InChI is InChI=1S/C16H18N2O4/c1-20-13-6-4-5-12(15(13)22-3)16(19)18-10-11-7-8-17-14(9-11)21-2/h4-9H,10H2,1-3H3,(H,18,19). The molecule has 0 saturated heterocycles. The quantitative estimate of drug-likeness (QED) is 0.884. The monoisotopic (exact) mass is 302 g/mol. The van der Waals surface area contributed by atoms with Crippen molar-refractivity contribution >= 4 is 5.91 Å². The number of nitrogens with one attached hydrogen (secondary N) is 1. The molecule has 1 heterocycles. The molecule has 2 rings (SSSR count). The molecule has 22 heavy (non-hydrogen) atoms. The Kier molecular flexibility index (Phi) is 5.19. The number of aromatic nitrogens is 1. The summed E-state index contributed by atoms with van der Waals surface area (Å²) < 4.78 is 15.5. The van der Waals surface area contributed by atoms with Gasteiger partial charge in [-0.1, -0.05) is 6.07 Å². The van der Waals surface area contributed by atoms with E-state index in [1.165, 1.54) is 14.2 Å². The minimum atomic E-state index is -0.244. The van der Waals surface area contributed by atoms with Crippen LogP contribution in [0.5, 0.6) is 17.4 Å². The van der Waals surface area contributed by atoms with E-state index >= 15 is 0 Å². The first kappa shape index (κ1) is 15.6. The van der Waals surface area contributed by atoms with Gasteiger partial charge in [0.2, 0.25) is 5.88 Å². The van der Waals surface area contributed by atoms with Gasteiger partial charge in [-0.15, -0.1) is 0 Å². The fourth-order valence-electron chi connectivity index (χ4n) is 2.02. The number of hydrogen-bond donors (Lipinski definition) is 1. The molecule has 1 aromatic carbocycles. The van der Waals surface area contributed by atoms with Gasteiger partial charge in [-0.2, -0.15) is 0 Å². The summed E-state index contributed by atoms with van der Waals surface area (Å²) in [6.07, 6.45) is 1.63. The fourth-order valence-corrected chi connectivity index (χ4v) is 2.02. The van der Waals surface area contributed by atoms with Gasteiger partial charge < -0.3 is 19.5 Å². The fraction of sp³-hybridized carbons (Fsp3) is 0.250. The van der Waals surface area contributed by atoms with E-state index in [0.29, 0.717) is 29.5 Å². The summed E-state index contributed by atoms with van der Waals surface area (Å²) in [6, 6.07) is 8.74. The number of carbonyl (C=O) groups excluding carboxylic acids is 1. The number of ether oxygens (including phenoxy) is 3. The molecule has 0 aliphatic carbocycles. The highest BCUT2D eigenvalue weighted by molar-refractivity contribution is 5.97. The molecule has 1 amide bonds. The summed E-state index contributed by atoms with van der Waals surface area (Å²) in [7, 11) is 4.58. The van der Waals surface area contributed by atoms with E-state index in [1.54, 1.807) is 37.6 Å². The second-order valence-electron chi connectivity index (χ2n) is 4.43. The first-order valence-electron chi connectivity index (χ1n) is 6.67. The van der Waals surface area contributed by atoms with Crippen molar-refractivity contribution in [1.29, 1.82) is 0 Å². The summed E-state index contributed by atoms with van der Waals surface area (Å²) in [5.74, 6) is 1.19. The van der Waals surface area contributed by atoms with Crippen molar-refractivity contribution in [3.05, 3.63) is 47.7 Å². The smallest absolute Gasteiger partial charge is 0.255 e. The van der Waals surface area contributed by atoms with Gasteiger partial charge in [-0.05, 0) is 23.8 Å². The average molecular weight is 302 g/mol. The highest BCUT2D eigenvalue weighted by Crippen LogP contribution is 2.30. The second-order valence-corrected chi connectivity index (χ2v) is 4.43. The Hall–Kier alpha value is -2.76. The van der Waals surface area contributed by atoms with Crippen molar-refractivity contribution < 1.29 is 19.0 Å². The molecular formula is C16H18N2O4. The zero-order chi connectivity index (χ0) is 15.9. The Morgan fingerprint density at radius 1 is 1.14 bits per heavy atom. The van der Waals surface area contributed by atoms with Crippen molar-refractivity contribution in [1.82, 2.24) is 10.3 Å². The van der Waals surface area contributed by atoms with Crippen LogP contribution in [0.4, 0.5) is 0 Å². The van der Waals surface area contributed by atoms with Crippen LogP contribution in [0, 0.1) is 0 Å². The molecule has 0 spiro atoms. The maximum atomic E-state index is 12.3. The van der Waals surface area contributed by atoms with Crippen LogP contribution in [0.15, 0.2) is 36.5 Å². The van der Waals surface area contributed by atoms with Crippen molar-refractivity contribution in [2.45, 2.75) is 6.54 Å². The number of hydrogen-bond acceptors (Lipinski definition) is 5. The topological polar surface area (TPSA) is 69.7 Å². The van der Waals surface area contributed by atoms with Crippen LogP contribution in [0.25, 0.3) is 0 Å². The number of rotatable bonds is 6. The lowest BCUT2D eigenvalue weighted by molar-refractivity contribution is 0.0947. The van der Waals surface area contributed by atoms with E-state index in [-0.39, 0.29) is 5.91 Å². The first-order chi connectivity index (χ1) is 10.7. The Bertz CT molecular complexity index is 658. The lowest BCUT2D eigenvalue weighted by Gasteiger charge is -2.12. The SMILES string of the molecule is COc1cc(CNC(=O)c2cccc(OC)c2OC)ccn1. The summed E-state index contributed by atoms with van der Waals surface area (Å²) in [6.45, 7) is 0.359. The predicted molar refractivity (Wildman–Crippen MR) is 81.5 cm³/mol. The molecule has 2 aromatic rings. The molecule has 0 bridgehead atoms. The molecule has 1 N–H and O–H groups in total.